The maximum absolute atomic E-state index is 6.72. The van der Waals surface area contributed by atoms with Crippen LogP contribution in [0.3, 0.4) is 0 Å². The molecule has 0 spiro atoms. The summed E-state index contributed by atoms with van der Waals surface area (Å²) >= 11 is 0. The molecule has 0 N–H and O–H groups in total. The lowest BCUT2D eigenvalue weighted by molar-refractivity contribution is 0.669. The summed E-state index contributed by atoms with van der Waals surface area (Å²) in [6.07, 6.45) is 0. The number of para-hydroxylation sites is 3. The highest BCUT2D eigenvalue weighted by atomic mass is 16.3. The number of furan rings is 2. The van der Waals surface area contributed by atoms with Crippen molar-refractivity contribution in [3.63, 3.8) is 0 Å². The van der Waals surface area contributed by atoms with Gasteiger partial charge in [0.05, 0.1) is 5.56 Å². The maximum atomic E-state index is 6.72. The van der Waals surface area contributed by atoms with Gasteiger partial charge in [-0.3, -0.25) is 0 Å². The molecular formula is C43H25N3O2. The summed E-state index contributed by atoms with van der Waals surface area (Å²) in [5, 5.41) is 6.16. The second-order valence-corrected chi connectivity index (χ2v) is 11.9. The molecule has 10 rings (SSSR count). The van der Waals surface area contributed by atoms with Gasteiger partial charge in [0.25, 0.3) is 0 Å². The van der Waals surface area contributed by atoms with E-state index in [4.69, 9.17) is 23.8 Å². The summed E-state index contributed by atoms with van der Waals surface area (Å²) in [6, 6.07) is 51.5. The van der Waals surface area contributed by atoms with Crippen LogP contribution >= 0.6 is 0 Å². The first-order valence-electron chi connectivity index (χ1n) is 15.9. The molecule has 0 saturated carbocycles. The molecule has 0 radical (unpaired) electrons. The van der Waals surface area contributed by atoms with Crippen molar-refractivity contribution in [2.75, 3.05) is 0 Å². The topological polar surface area (TPSA) is 65.0 Å². The Labute approximate surface area is 274 Å². The molecule has 5 nitrogen and oxygen atoms in total. The molecule has 224 valence electrons. The summed E-state index contributed by atoms with van der Waals surface area (Å²) in [4.78, 5) is 15.4. The van der Waals surface area contributed by atoms with Gasteiger partial charge in [-0.25, -0.2) is 15.0 Å². The van der Waals surface area contributed by atoms with E-state index in [1.54, 1.807) is 0 Å². The van der Waals surface area contributed by atoms with Crippen molar-refractivity contribution in [3.05, 3.63) is 152 Å². The van der Waals surface area contributed by atoms with Crippen molar-refractivity contribution in [3.8, 4) is 45.3 Å². The molecule has 48 heavy (non-hydrogen) atoms. The summed E-state index contributed by atoms with van der Waals surface area (Å²) < 4.78 is 13.2. The van der Waals surface area contributed by atoms with E-state index < -0.39 is 0 Å². The first kappa shape index (κ1) is 26.6. The molecule has 0 aliphatic heterocycles. The Morgan fingerprint density at radius 2 is 0.917 bits per heavy atom. The minimum Gasteiger partial charge on any atom is -0.455 e. The third kappa shape index (κ3) is 4.08. The van der Waals surface area contributed by atoms with E-state index in [0.717, 1.165) is 82.5 Å². The van der Waals surface area contributed by atoms with Gasteiger partial charge in [0, 0.05) is 38.1 Å². The highest BCUT2D eigenvalue weighted by Crippen LogP contribution is 2.44. The first-order chi connectivity index (χ1) is 23.8. The zero-order valence-electron chi connectivity index (χ0n) is 25.6. The van der Waals surface area contributed by atoms with E-state index in [9.17, 15) is 0 Å². The Morgan fingerprint density at radius 1 is 0.354 bits per heavy atom. The number of rotatable bonds is 4. The van der Waals surface area contributed by atoms with Crippen molar-refractivity contribution in [1.29, 1.82) is 0 Å². The quantitative estimate of drug-likeness (QED) is 0.197. The second kappa shape index (κ2) is 10.5. The van der Waals surface area contributed by atoms with E-state index in [2.05, 4.69) is 66.7 Å². The van der Waals surface area contributed by atoms with Crippen molar-refractivity contribution in [2.24, 2.45) is 0 Å². The van der Waals surface area contributed by atoms with Crippen molar-refractivity contribution < 1.29 is 8.83 Å². The van der Waals surface area contributed by atoms with Crippen molar-refractivity contribution in [1.82, 2.24) is 15.0 Å². The Balaban J connectivity index is 1.31. The number of nitrogens with zero attached hydrogens (tertiary/aromatic N) is 3. The van der Waals surface area contributed by atoms with Gasteiger partial charge in [-0.2, -0.15) is 0 Å². The predicted octanol–water partition coefficient (Wildman–Crippen LogP) is 11.5. The number of fused-ring (bicyclic) bond motifs is 8. The van der Waals surface area contributed by atoms with Gasteiger partial charge in [0.15, 0.2) is 17.5 Å². The summed E-state index contributed by atoms with van der Waals surface area (Å²) in [5.41, 5.74) is 8.04. The fourth-order valence-electron chi connectivity index (χ4n) is 6.95. The molecule has 0 aliphatic rings. The van der Waals surface area contributed by atoms with E-state index in [0.29, 0.717) is 17.5 Å². The van der Waals surface area contributed by atoms with Gasteiger partial charge in [-0.1, -0.05) is 127 Å². The van der Waals surface area contributed by atoms with Gasteiger partial charge in [0.1, 0.15) is 22.3 Å². The Kier molecular flexibility index (Phi) is 5.81. The maximum Gasteiger partial charge on any atom is 0.167 e. The number of aromatic nitrogens is 3. The predicted molar refractivity (Wildman–Crippen MR) is 194 cm³/mol. The Bertz CT molecular complexity index is 2840. The third-order valence-electron chi connectivity index (χ3n) is 9.13. The summed E-state index contributed by atoms with van der Waals surface area (Å²) in [6.45, 7) is 0. The van der Waals surface area contributed by atoms with E-state index in [1.807, 2.05) is 84.9 Å². The highest BCUT2D eigenvalue weighted by Gasteiger charge is 2.23. The van der Waals surface area contributed by atoms with Gasteiger partial charge in [-0.05, 0) is 40.8 Å². The first-order valence-corrected chi connectivity index (χ1v) is 15.9. The molecule has 5 heteroatoms. The van der Waals surface area contributed by atoms with Crippen LogP contribution in [-0.4, -0.2) is 15.0 Å². The lowest BCUT2D eigenvalue weighted by atomic mass is 9.93. The van der Waals surface area contributed by atoms with Crippen LogP contribution in [-0.2, 0) is 0 Å². The molecule has 0 saturated heterocycles. The third-order valence-corrected chi connectivity index (χ3v) is 9.13. The smallest absolute Gasteiger partial charge is 0.167 e. The SMILES string of the molecule is c1ccc(-c2nc(-c3cccc4c3oc3ccccc34)nc(-c3cc4cccc(-c5ccccc5)c4c4oc5ccccc5c34)n2)cc1. The van der Waals surface area contributed by atoms with Crippen LogP contribution in [0.1, 0.15) is 0 Å². The summed E-state index contributed by atoms with van der Waals surface area (Å²) in [5.74, 6) is 1.70. The Morgan fingerprint density at radius 3 is 1.71 bits per heavy atom. The molecule has 0 atom stereocenters. The average molecular weight is 616 g/mol. The molecule has 7 aromatic carbocycles. The molecule has 10 aromatic rings. The highest BCUT2D eigenvalue weighted by molar-refractivity contribution is 6.23. The van der Waals surface area contributed by atoms with Gasteiger partial charge in [0.2, 0.25) is 0 Å². The van der Waals surface area contributed by atoms with Crippen LogP contribution in [0.4, 0.5) is 0 Å². The lowest BCUT2D eigenvalue weighted by Gasteiger charge is -2.12. The van der Waals surface area contributed by atoms with E-state index >= 15 is 0 Å². The number of hydrogen-bond donors (Lipinski definition) is 0. The fraction of sp³-hybridized carbons (Fsp3) is 0. The monoisotopic (exact) mass is 615 g/mol. The second-order valence-electron chi connectivity index (χ2n) is 11.9. The van der Waals surface area contributed by atoms with Crippen LogP contribution < -0.4 is 0 Å². The van der Waals surface area contributed by atoms with Crippen LogP contribution in [0.2, 0.25) is 0 Å². The van der Waals surface area contributed by atoms with Gasteiger partial charge in [-0.15, -0.1) is 0 Å². The molecular weight excluding hydrogens is 590 g/mol. The molecule has 0 amide bonds. The molecule has 3 heterocycles. The minimum atomic E-state index is 0.544. The molecule has 0 fully saturated rings. The number of benzene rings is 7. The molecule has 0 aliphatic carbocycles. The van der Waals surface area contributed by atoms with Crippen LogP contribution in [0.25, 0.3) is 99.9 Å². The van der Waals surface area contributed by atoms with Crippen molar-refractivity contribution in [2.45, 2.75) is 0 Å². The number of hydrogen-bond acceptors (Lipinski definition) is 5. The normalized spacial score (nSPS) is 11.8. The van der Waals surface area contributed by atoms with E-state index in [1.165, 1.54) is 0 Å². The fourth-order valence-corrected chi connectivity index (χ4v) is 6.95. The Hall–Kier alpha value is -6.59. The van der Waals surface area contributed by atoms with Gasteiger partial charge >= 0.3 is 0 Å². The molecule has 0 unspecified atom stereocenters. The standard InChI is InChI=1S/C43H25N3O2/c1-3-13-26(14-4-1)29-20-11-17-28-25-34(38-32-19-8-10-24-36(32)48-40(38)37(28)29)43-45-41(27-15-5-2-6-16-27)44-42(46-43)33-22-12-21-31-30-18-7-9-23-35(30)47-39(31)33/h1-25H. The zero-order valence-corrected chi connectivity index (χ0v) is 25.6. The lowest BCUT2D eigenvalue weighted by Crippen LogP contribution is -2.01. The van der Waals surface area contributed by atoms with Crippen molar-refractivity contribution >= 4 is 54.6 Å². The van der Waals surface area contributed by atoms with Crippen LogP contribution in [0.5, 0.6) is 0 Å². The molecule has 0 bridgehead atoms. The van der Waals surface area contributed by atoms with Crippen LogP contribution in [0.15, 0.2) is 160 Å². The van der Waals surface area contributed by atoms with E-state index in [-0.39, 0.29) is 0 Å². The average Bonchev–Trinajstić information content (AvgIpc) is 3.74. The minimum absolute atomic E-state index is 0.544. The van der Waals surface area contributed by atoms with Gasteiger partial charge < -0.3 is 8.83 Å². The summed E-state index contributed by atoms with van der Waals surface area (Å²) in [7, 11) is 0. The largest absolute Gasteiger partial charge is 0.455 e. The zero-order chi connectivity index (χ0) is 31.6. The van der Waals surface area contributed by atoms with Crippen LogP contribution in [0, 0.1) is 0 Å². The molecule has 3 aromatic heterocycles.